The highest BCUT2D eigenvalue weighted by Gasteiger charge is 2.15. The van der Waals surface area contributed by atoms with Crippen LogP contribution in [0.25, 0.3) is 0 Å². The van der Waals surface area contributed by atoms with Crippen molar-refractivity contribution >= 4 is 28.6 Å². The average Bonchev–Trinajstić information content (AvgIpc) is 2.42. The number of benzene rings is 1. The Kier molecular flexibility index (Phi) is 3.49. The van der Waals surface area contributed by atoms with E-state index in [-0.39, 0.29) is 5.78 Å². The van der Waals surface area contributed by atoms with Gasteiger partial charge < -0.3 is 11.5 Å². The van der Waals surface area contributed by atoms with Crippen LogP contribution in [0.3, 0.4) is 0 Å². The van der Waals surface area contributed by atoms with E-state index >= 15 is 0 Å². The molecule has 0 aromatic heterocycles. The topological polar surface area (TPSA) is 81.5 Å². The summed E-state index contributed by atoms with van der Waals surface area (Å²) in [5, 5.41) is 0. The van der Waals surface area contributed by atoms with Gasteiger partial charge in [0.05, 0.1) is 17.1 Å². The molecule has 1 aromatic carbocycles. The summed E-state index contributed by atoms with van der Waals surface area (Å²) in [7, 11) is 0. The van der Waals surface area contributed by atoms with E-state index in [1.807, 2.05) is 26.8 Å². The minimum Gasteiger partial charge on any atom is -0.398 e. The Morgan fingerprint density at radius 1 is 0.950 bits per heavy atom. The first kappa shape index (κ1) is 14.1. The molecule has 0 unspecified atom stereocenters. The molecule has 1 aliphatic carbocycles. The molecule has 104 valence electrons. The van der Waals surface area contributed by atoms with Crippen LogP contribution in [0, 0.1) is 13.8 Å². The number of carbonyl (C=O) groups is 1. The zero-order valence-corrected chi connectivity index (χ0v) is 12.2. The summed E-state index contributed by atoms with van der Waals surface area (Å²) >= 11 is 0. The molecule has 0 fully saturated rings. The summed E-state index contributed by atoms with van der Waals surface area (Å²) in [6, 6.07) is 1.87. The molecule has 1 aliphatic rings. The lowest BCUT2D eigenvalue weighted by atomic mass is 9.96. The predicted molar refractivity (Wildman–Crippen MR) is 84.4 cm³/mol. The average molecular weight is 269 g/mol. The lowest BCUT2D eigenvalue weighted by molar-refractivity contribution is -0.111. The van der Waals surface area contributed by atoms with E-state index in [4.69, 9.17) is 11.5 Å². The van der Waals surface area contributed by atoms with Crippen LogP contribution < -0.4 is 11.5 Å². The fourth-order valence-electron chi connectivity index (χ4n) is 2.12. The van der Waals surface area contributed by atoms with Crippen molar-refractivity contribution in [2.45, 2.75) is 27.7 Å². The number of aliphatic imine (C=N–C) groups is 1. The summed E-state index contributed by atoms with van der Waals surface area (Å²) in [5.41, 5.74) is 18.2. The maximum atomic E-state index is 11.6. The Morgan fingerprint density at radius 2 is 1.60 bits per heavy atom. The Morgan fingerprint density at radius 3 is 2.25 bits per heavy atom. The number of hydrogen-bond acceptors (Lipinski definition) is 4. The van der Waals surface area contributed by atoms with Crippen LogP contribution in [0.1, 0.15) is 25.0 Å². The van der Waals surface area contributed by atoms with Gasteiger partial charge in [0.25, 0.3) is 0 Å². The fourth-order valence-corrected chi connectivity index (χ4v) is 2.12. The van der Waals surface area contributed by atoms with Gasteiger partial charge in [-0.3, -0.25) is 4.79 Å². The Hall–Kier alpha value is -2.36. The summed E-state index contributed by atoms with van der Waals surface area (Å²) in [5.74, 6) is 0.0269. The van der Waals surface area contributed by atoms with Gasteiger partial charge >= 0.3 is 0 Å². The highest BCUT2D eigenvalue weighted by atomic mass is 16.1. The number of carbonyl (C=O) groups excluding carboxylic acids is 1. The van der Waals surface area contributed by atoms with E-state index in [9.17, 15) is 4.79 Å². The van der Waals surface area contributed by atoms with Crippen molar-refractivity contribution in [3.63, 3.8) is 0 Å². The van der Waals surface area contributed by atoms with Crippen LogP contribution in [-0.2, 0) is 4.79 Å². The van der Waals surface area contributed by atoms with Gasteiger partial charge in [-0.1, -0.05) is 0 Å². The SMILES string of the molecule is CC1=C(C)C(=Nc2cc(C)c(N)c(C)c2N)C=CC1=O. The van der Waals surface area contributed by atoms with E-state index in [1.165, 1.54) is 6.08 Å². The Bertz CT molecular complexity index is 694. The first-order valence-electron chi connectivity index (χ1n) is 6.47. The van der Waals surface area contributed by atoms with Gasteiger partial charge in [-0.25, -0.2) is 4.99 Å². The number of rotatable bonds is 1. The number of anilines is 2. The van der Waals surface area contributed by atoms with Gasteiger partial charge in [0, 0.05) is 11.3 Å². The molecule has 1 aromatic rings. The second-order valence-corrected chi connectivity index (χ2v) is 5.11. The van der Waals surface area contributed by atoms with E-state index in [0.29, 0.717) is 22.6 Å². The Labute approximate surface area is 118 Å². The second-order valence-electron chi connectivity index (χ2n) is 5.11. The minimum absolute atomic E-state index is 0.0269. The molecular weight excluding hydrogens is 250 g/mol. The number of hydrogen-bond donors (Lipinski definition) is 2. The third kappa shape index (κ3) is 2.25. The number of nitrogen functional groups attached to an aromatic ring is 2. The molecule has 0 heterocycles. The maximum absolute atomic E-state index is 11.6. The van der Waals surface area contributed by atoms with Crippen molar-refractivity contribution in [3.05, 3.63) is 40.5 Å². The van der Waals surface area contributed by atoms with Crippen LogP contribution in [0.5, 0.6) is 0 Å². The van der Waals surface area contributed by atoms with Crippen LogP contribution in [0.4, 0.5) is 17.1 Å². The molecule has 4 N–H and O–H groups in total. The van der Waals surface area contributed by atoms with E-state index in [1.54, 1.807) is 13.0 Å². The van der Waals surface area contributed by atoms with E-state index in [0.717, 1.165) is 22.4 Å². The standard InChI is InChI=1S/C16H19N3O/c1-8-7-13(16(18)11(4)15(8)17)19-12-5-6-14(20)10(3)9(12)2/h5-7H,17-18H2,1-4H3. The van der Waals surface area contributed by atoms with Crippen molar-refractivity contribution < 1.29 is 4.79 Å². The number of aryl methyl sites for hydroxylation is 1. The molecule has 4 heteroatoms. The molecule has 20 heavy (non-hydrogen) atoms. The smallest absolute Gasteiger partial charge is 0.181 e. The number of nitrogens with two attached hydrogens (primary N) is 2. The zero-order chi connectivity index (χ0) is 15.0. The number of nitrogens with zero attached hydrogens (tertiary/aromatic N) is 1. The van der Waals surface area contributed by atoms with Crippen LogP contribution >= 0.6 is 0 Å². The summed E-state index contributed by atoms with van der Waals surface area (Å²) in [6.07, 6.45) is 3.26. The fraction of sp³-hybridized carbons (Fsp3) is 0.250. The molecule has 0 bridgehead atoms. The number of allylic oxidation sites excluding steroid dienone is 4. The van der Waals surface area contributed by atoms with Gasteiger partial charge in [0.2, 0.25) is 0 Å². The van der Waals surface area contributed by atoms with Crippen molar-refractivity contribution in [3.8, 4) is 0 Å². The molecule has 0 atom stereocenters. The summed E-state index contributed by atoms with van der Waals surface area (Å²) < 4.78 is 0. The minimum atomic E-state index is 0.0269. The molecular formula is C16H19N3O. The summed E-state index contributed by atoms with van der Waals surface area (Å²) in [6.45, 7) is 7.51. The first-order valence-corrected chi connectivity index (χ1v) is 6.47. The molecule has 0 radical (unpaired) electrons. The Balaban J connectivity index is 2.58. The highest BCUT2D eigenvalue weighted by Crippen LogP contribution is 2.33. The predicted octanol–water partition coefficient (Wildman–Crippen LogP) is 3.02. The van der Waals surface area contributed by atoms with Crippen LogP contribution in [-0.4, -0.2) is 11.5 Å². The third-order valence-corrected chi connectivity index (χ3v) is 3.81. The van der Waals surface area contributed by atoms with Crippen molar-refractivity contribution in [1.29, 1.82) is 0 Å². The van der Waals surface area contributed by atoms with Crippen molar-refractivity contribution in [2.75, 3.05) is 11.5 Å². The summed E-state index contributed by atoms with van der Waals surface area (Å²) in [4.78, 5) is 16.2. The van der Waals surface area contributed by atoms with Gasteiger partial charge in [0.15, 0.2) is 5.78 Å². The van der Waals surface area contributed by atoms with Crippen LogP contribution in [0.2, 0.25) is 0 Å². The monoisotopic (exact) mass is 269 g/mol. The lowest BCUT2D eigenvalue weighted by Gasteiger charge is -2.14. The van der Waals surface area contributed by atoms with Gasteiger partial charge in [0.1, 0.15) is 0 Å². The molecule has 0 aliphatic heterocycles. The van der Waals surface area contributed by atoms with Gasteiger partial charge in [-0.15, -0.1) is 0 Å². The van der Waals surface area contributed by atoms with Crippen LogP contribution in [0.15, 0.2) is 34.4 Å². The molecule has 0 saturated carbocycles. The van der Waals surface area contributed by atoms with Crippen molar-refractivity contribution in [2.24, 2.45) is 4.99 Å². The molecule has 2 rings (SSSR count). The highest BCUT2D eigenvalue weighted by molar-refractivity contribution is 6.22. The van der Waals surface area contributed by atoms with Gasteiger partial charge in [-0.05, 0) is 62.6 Å². The molecule has 0 spiro atoms. The van der Waals surface area contributed by atoms with Crippen molar-refractivity contribution in [1.82, 2.24) is 0 Å². The number of ketones is 1. The van der Waals surface area contributed by atoms with E-state index < -0.39 is 0 Å². The third-order valence-electron chi connectivity index (χ3n) is 3.81. The normalized spacial score (nSPS) is 17.2. The lowest BCUT2D eigenvalue weighted by Crippen LogP contribution is -2.11. The maximum Gasteiger partial charge on any atom is 0.181 e. The quantitative estimate of drug-likeness (QED) is 0.607. The second kappa shape index (κ2) is 4.96. The molecule has 0 amide bonds. The zero-order valence-electron chi connectivity index (χ0n) is 12.2. The molecule has 0 saturated heterocycles. The largest absolute Gasteiger partial charge is 0.398 e. The molecule has 4 nitrogen and oxygen atoms in total. The first-order chi connectivity index (χ1) is 9.32. The van der Waals surface area contributed by atoms with Gasteiger partial charge in [-0.2, -0.15) is 0 Å². The van der Waals surface area contributed by atoms with E-state index in [2.05, 4.69) is 4.99 Å².